The smallest absolute Gasteiger partial charge is 0.220 e. The minimum absolute atomic E-state index is 0.0231. The Balaban J connectivity index is 2.04. The van der Waals surface area contributed by atoms with E-state index in [0.29, 0.717) is 18.6 Å². The highest BCUT2D eigenvalue weighted by Crippen LogP contribution is 2.19. The van der Waals surface area contributed by atoms with Crippen LogP contribution in [0.15, 0.2) is 12.7 Å². The van der Waals surface area contributed by atoms with E-state index in [2.05, 4.69) is 11.9 Å². The SMILES string of the molecule is C=CCCCCCCCCC(=O)[C@H]1CCCNC(=O)C1. The minimum Gasteiger partial charge on any atom is -0.356 e. The van der Waals surface area contributed by atoms with Crippen LogP contribution < -0.4 is 5.32 Å². The fraction of sp³-hybridized carbons (Fsp3) is 0.765. The molecule has 20 heavy (non-hydrogen) atoms. The van der Waals surface area contributed by atoms with E-state index in [9.17, 15) is 9.59 Å². The molecule has 0 aromatic heterocycles. The van der Waals surface area contributed by atoms with Crippen molar-refractivity contribution in [1.82, 2.24) is 5.32 Å². The van der Waals surface area contributed by atoms with Gasteiger partial charge in [0.2, 0.25) is 5.91 Å². The number of Topliss-reactive ketones (excluding diaryl/α,β-unsaturated/α-hetero) is 1. The molecule has 0 bridgehead atoms. The molecule has 1 amide bonds. The number of ketones is 1. The fourth-order valence-electron chi connectivity index (χ4n) is 2.75. The molecule has 0 spiro atoms. The topological polar surface area (TPSA) is 46.2 Å². The van der Waals surface area contributed by atoms with E-state index < -0.39 is 0 Å². The summed E-state index contributed by atoms with van der Waals surface area (Å²) in [6, 6.07) is 0. The van der Waals surface area contributed by atoms with Crippen LogP contribution in [0.5, 0.6) is 0 Å². The largest absolute Gasteiger partial charge is 0.356 e. The van der Waals surface area contributed by atoms with E-state index >= 15 is 0 Å². The molecule has 0 saturated carbocycles. The monoisotopic (exact) mass is 279 g/mol. The minimum atomic E-state index is -0.0231. The number of amides is 1. The van der Waals surface area contributed by atoms with Gasteiger partial charge >= 0.3 is 0 Å². The number of unbranched alkanes of at least 4 members (excludes halogenated alkanes) is 6. The molecule has 0 aliphatic carbocycles. The average molecular weight is 279 g/mol. The molecular weight excluding hydrogens is 250 g/mol. The molecular formula is C17H29NO2. The number of hydrogen-bond acceptors (Lipinski definition) is 2. The molecule has 1 N–H and O–H groups in total. The third-order valence-electron chi connectivity index (χ3n) is 4.02. The van der Waals surface area contributed by atoms with Gasteiger partial charge in [-0.1, -0.05) is 31.8 Å². The predicted molar refractivity (Wildman–Crippen MR) is 82.5 cm³/mol. The van der Waals surface area contributed by atoms with Gasteiger partial charge in [-0.25, -0.2) is 0 Å². The standard InChI is InChI=1S/C17H29NO2/c1-2-3-4-5-6-7-8-9-12-16(19)15-11-10-13-18-17(20)14-15/h2,15H,1,3-14H2,(H,18,20)/t15-/m0/s1. The molecule has 1 atom stereocenters. The quantitative estimate of drug-likeness (QED) is 0.488. The molecule has 1 saturated heterocycles. The zero-order valence-electron chi connectivity index (χ0n) is 12.7. The van der Waals surface area contributed by atoms with E-state index in [1.54, 1.807) is 0 Å². The summed E-state index contributed by atoms with van der Waals surface area (Å²) in [7, 11) is 0. The van der Waals surface area contributed by atoms with Crippen LogP contribution in [-0.2, 0) is 9.59 Å². The van der Waals surface area contributed by atoms with Crippen molar-refractivity contribution in [3.63, 3.8) is 0 Å². The van der Waals surface area contributed by atoms with Crippen molar-refractivity contribution < 1.29 is 9.59 Å². The molecule has 0 aromatic rings. The first-order chi connectivity index (χ1) is 9.74. The second-order valence-electron chi connectivity index (χ2n) is 5.81. The van der Waals surface area contributed by atoms with Gasteiger partial charge in [0.1, 0.15) is 5.78 Å². The maximum Gasteiger partial charge on any atom is 0.220 e. The van der Waals surface area contributed by atoms with Crippen molar-refractivity contribution in [1.29, 1.82) is 0 Å². The van der Waals surface area contributed by atoms with Crippen molar-refractivity contribution in [2.24, 2.45) is 5.92 Å². The maximum atomic E-state index is 12.1. The number of rotatable bonds is 10. The van der Waals surface area contributed by atoms with Crippen molar-refractivity contribution >= 4 is 11.7 Å². The van der Waals surface area contributed by atoms with Crippen LogP contribution in [0.3, 0.4) is 0 Å². The molecule has 3 heteroatoms. The Hall–Kier alpha value is -1.12. The number of hydrogen-bond donors (Lipinski definition) is 1. The summed E-state index contributed by atoms with van der Waals surface area (Å²) in [5.41, 5.74) is 0. The Bertz CT molecular complexity index is 312. The van der Waals surface area contributed by atoms with Gasteiger partial charge < -0.3 is 5.32 Å². The third kappa shape index (κ3) is 7.46. The Morgan fingerprint density at radius 2 is 1.90 bits per heavy atom. The number of allylic oxidation sites excluding steroid dienone is 1. The molecule has 0 aromatic carbocycles. The summed E-state index contributed by atoms with van der Waals surface area (Å²) >= 11 is 0. The van der Waals surface area contributed by atoms with Crippen molar-refractivity contribution in [2.75, 3.05) is 6.54 Å². The molecule has 0 unspecified atom stereocenters. The first kappa shape index (κ1) is 16.9. The van der Waals surface area contributed by atoms with Crippen LogP contribution >= 0.6 is 0 Å². The Kier molecular flexibility index (Phi) is 9.01. The van der Waals surface area contributed by atoms with Crippen LogP contribution in [0.25, 0.3) is 0 Å². The van der Waals surface area contributed by atoms with Crippen LogP contribution in [-0.4, -0.2) is 18.2 Å². The van der Waals surface area contributed by atoms with E-state index in [0.717, 1.165) is 38.6 Å². The zero-order valence-corrected chi connectivity index (χ0v) is 12.7. The summed E-state index contributed by atoms with van der Waals surface area (Å²) in [6.07, 6.45) is 13.1. The highest BCUT2D eigenvalue weighted by Gasteiger charge is 2.23. The summed E-state index contributed by atoms with van der Waals surface area (Å²) in [4.78, 5) is 23.5. The second-order valence-corrected chi connectivity index (χ2v) is 5.81. The van der Waals surface area contributed by atoms with Crippen LogP contribution in [0, 0.1) is 5.92 Å². The van der Waals surface area contributed by atoms with Gasteiger partial charge in [-0.15, -0.1) is 6.58 Å². The number of nitrogens with one attached hydrogen (secondary N) is 1. The maximum absolute atomic E-state index is 12.1. The Morgan fingerprint density at radius 1 is 1.20 bits per heavy atom. The van der Waals surface area contributed by atoms with E-state index in [-0.39, 0.29) is 11.8 Å². The lowest BCUT2D eigenvalue weighted by atomic mass is 9.92. The first-order valence-electron chi connectivity index (χ1n) is 8.14. The lowest BCUT2D eigenvalue weighted by Gasteiger charge is -2.11. The lowest BCUT2D eigenvalue weighted by Crippen LogP contribution is -2.24. The van der Waals surface area contributed by atoms with Gasteiger partial charge in [-0.3, -0.25) is 9.59 Å². The van der Waals surface area contributed by atoms with E-state index in [4.69, 9.17) is 0 Å². The molecule has 114 valence electrons. The van der Waals surface area contributed by atoms with Crippen LogP contribution in [0.1, 0.15) is 70.6 Å². The summed E-state index contributed by atoms with van der Waals surface area (Å²) in [5, 5.41) is 2.83. The Morgan fingerprint density at radius 3 is 2.65 bits per heavy atom. The average Bonchev–Trinajstić information content (AvgIpc) is 2.66. The van der Waals surface area contributed by atoms with E-state index in [1.165, 1.54) is 25.7 Å². The fourth-order valence-corrected chi connectivity index (χ4v) is 2.75. The summed E-state index contributed by atoms with van der Waals surface area (Å²) in [5.74, 6) is 0.321. The van der Waals surface area contributed by atoms with Gasteiger partial charge in [0, 0.05) is 25.3 Å². The Labute approximate surface area is 123 Å². The van der Waals surface area contributed by atoms with Crippen molar-refractivity contribution in [3.05, 3.63) is 12.7 Å². The third-order valence-corrected chi connectivity index (χ3v) is 4.02. The zero-order chi connectivity index (χ0) is 14.6. The molecule has 1 aliphatic heterocycles. The lowest BCUT2D eigenvalue weighted by molar-refractivity contribution is -0.128. The molecule has 1 aliphatic rings. The van der Waals surface area contributed by atoms with Gasteiger partial charge in [0.25, 0.3) is 0 Å². The molecule has 3 nitrogen and oxygen atoms in total. The molecule has 0 radical (unpaired) electrons. The van der Waals surface area contributed by atoms with Crippen molar-refractivity contribution in [2.45, 2.75) is 70.6 Å². The predicted octanol–water partition coefficient (Wildman–Crippen LogP) is 3.78. The highest BCUT2D eigenvalue weighted by atomic mass is 16.2. The number of carbonyl (C=O) groups excluding carboxylic acids is 2. The first-order valence-corrected chi connectivity index (χ1v) is 8.14. The van der Waals surface area contributed by atoms with Crippen LogP contribution in [0.2, 0.25) is 0 Å². The van der Waals surface area contributed by atoms with Gasteiger partial charge in [0.15, 0.2) is 0 Å². The summed E-state index contributed by atoms with van der Waals surface area (Å²) in [6.45, 7) is 4.45. The molecule has 1 heterocycles. The summed E-state index contributed by atoms with van der Waals surface area (Å²) < 4.78 is 0. The van der Waals surface area contributed by atoms with Gasteiger partial charge in [-0.2, -0.15) is 0 Å². The number of carbonyl (C=O) groups is 2. The van der Waals surface area contributed by atoms with Crippen molar-refractivity contribution in [3.8, 4) is 0 Å². The second kappa shape index (κ2) is 10.6. The van der Waals surface area contributed by atoms with E-state index in [1.807, 2.05) is 6.08 Å². The highest BCUT2D eigenvalue weighted by molar-refractivity contribution is 5.87. The normalized spacial score (nSPS) is 19.2. The van der Waals surface area contributed by atoms with Gasteiger partial charge in [0.05, 0.1) is 0 Å². The molecule has 1 rings (SSSR count). The molecule has 1 fully saturated rings. The van der Waals surface area contributed by atoms with Gasteiger partial charge in [-0.05, 0) is 32.1 Å². The van der Waals surface area contributed by atoms with Crippen LogP contribution in [0.4, 0.5) is 0 Å².